The molecule has 0 saturated carbocycles. The topological polar surface area (TPSA) is 68.0 Å². The summed E-state index contributed by atoms with van der Waals surface area (Å²) in [6.45, 7) is 0. The van der Waals surface area contributed by atoms with Gasteiger partial charge in [0, 0.05) is 0 Å². The fourth-order valence-corrected chi connectivity index (χ4v) is 2.06. The van der Waals surface area contributed by atoms with E-state index in [9.17, 15) is 9.90 Å². The van der Waals surface area contributed by atoms with Crippen molar-refractivity contribution in [2.24, 2.45) is 0 Å². The molecule has 108 valence electrons. The van der Waals surface area contributed by atoms with Crippen LogP contribution in [0, 0.1) is 0 Å². The number of aromatic nitrogens is 3. The molecule has 1 N–H and O–H groups in total. The Balaban J connectivity index is 2.02. The van der Waals surface area contributed by atoms with Crippen LogP contribution < -0.4 is 0 Å². The van der Waals surface area contributed by atoms with Crippen molar-refractivity contribution in [2.45, 2.75) is 0 Å². The van der Waals surface area contributed by atoms with Gasteiger partial charge in [-0.05, 0) is 35.9 Å². The van der Waals surface area contributed by atoms with E-state index >= 15 is 0 Å². The van der Waals surface area contributed by atoms with Crippen molar-refractivity contribution < 1.29 is 9.90 Å². The highest BCUT2D eigenvalue weighted by Gasteiger charge is 2.11. The summed E-state index contributed by atoms with van der Waals surface area (Å²) in [5.41, 5.74) is 2.58. The molecule has 0 bridgehead atoms. The van der Waals surface area contributed by atoms with Crippen molar-refractivity contribution in [3.05, 3.63) is 71.5 Å². The Morgan fingerprint density at radius 3 is 2.36 bits per heavy atom. The van der Waals surface area contributed by atoms with Crippen molar-refractivity contribution in [1.29, 1.82) is 0 Å². The number of carbonyl (C=O) groups excluding carboxylic acids is 1. The Morgan fingerprint density at radius 1 is 0.955 bits per heavy atom. The lowest BCUT2D eigenvalue weighted by atomic mass is 10.2. The van der Waals surface area contributed by atoms with Crippen molar-refractivity contribution in [1.82, 2.24) is 15.0 Å². The number of aromatic hydroxyl groups is 1. The number of benzene rings is 2. The summed E-state index contributed by atoms with van der Waals surface area (Å²) >= 11 is 0. The minimum Gasteiger partial charge on any atom is -0.508 e. The number of hydrogen-bond acceptors (Lipinski definition) is 4. The van der Waals surface area contributed by atoms with Gasteiger partial charge >= 0.3 is 0 Å². The zero-order valence-corrected chi connectivity index (χ0v) is 11.6. The van der Waals surface area contributed by atoms with Gasteiger partial charge in [0.25, 0.3) is 0 Å². The van der Waals surface area contributed by atoms with Gasteiger partial charge in [0.1, 0.15) is 5.75 Å². The lowest BCUT2D eigenvalue weighted by molar-refractivity contribution is 0.111. The van der Waals surface area contributed by atoms with Crippen molar-refractivity contribution >= 4 is 18.4 Å². The molecule has 3 aromatic rings. The molecule has 1 heterocycles. The number of phenols is 1. The van der Waals surface area contributed by atoms with E-state index in [1.807, 2.05) is 36.4 Å². The molecule has 5 heteroatoms. The van der Waals surface area contributed by atoms with Gasteiger partial charge in [0.05, 0.1) is 11.4 Å². The van der Waals surface area contributed by atoms with Crippen LogP contribution >= 0.6 is 0 Å². The van der Waals surface area contributed by atoms with E-state index in [1.54, 1.807) is 35.0 Å². The molecule has 5 nitrogen and oxygen atoms in total. The SMILES string of the molecule is O=Cc1nnn(-c2ccc(O)cc2)c1/C=C/c1ccccc1. The number of carbonyl (C=O) groups is 1. The molecule has 0 saturated heterocycles. The van der Waals surface area contributed by atoms with E-state index in [-0.39, 0.29) is 11.4 Å². The molecule has 2 aromatic carbocycles. The quantitative estimate of drug-likeness (QED) is 0.750. The van der Waals surface area contributed by atoms with E-state index in [1.165, 1.54) is 0 Å². The smallest absolute Gasteiger partial charge is 0.172 e. The Morgan fingerprint density at radius 2 is 1.68 bits per heavy atom. The number of phenolic OH excluding ortho intramolecular Hbond substituents is 1. The summed E-state index contributed by atoms with van der Waals surface area (Å²) in [6, 6.07) is 16.3. The van der Waals surface area contributed by atoms with E-state index < -0.39 is 0 Å². The number of rotatable bonds is 4. The molecule has 0 spiro atoms. The minimum absolute atomic E-state index is 0.167. The van der Waals surface area contributed by atoms with Gasteiger partial charge in [0.15, 0.2) is 12.0 Å². The molecular weight excluding hydrogens is 278 g/mol. The van der Waals surface area contributed by atoms with Gasteiger partial charge in [-0.1, -0.05) is 41.6 Å². The predicted octanol–water partition coefficient (Wildman–Crippen LogP) is 2.96. The fourth-order valence-electron chi connectivity index (χ4n) is 2.06. The predicted molar refractivity (Wildman–Crippen MR) is 83.8 cm³/mol. The second-order valence-corrected chi connectivity index (χ2v) is 4.65. The van der Waals surface area contributed by atoms with Gasteiger partial charge in [-0.2, -0.15) is 0 Å². The first kappa shape index (κ1) is 13.8. The third-order valence-electron chi connectivity index (χ3n) is 3.17. The number of nitrogens with zero attached hydrogens (tertiary/aromatic N) is 3. The standard InChI is InChI=1S/C17H13N3O2/c21-12-16-17(11-6-13-4-2-1-3-5-13)20(19-18-16)14-7-9-15(22)10-8-14/h1-12,22H/b11-6+. The molecule has 0 amide bonds. The molecule has 0 aliphatic heterocycles. The molecule has 0 aliphatic carbocycles. The van der Waals surface area contributed by atoms with Crippen molar-refractivity contribution in [2.75, 3.05) is 0 Å². The molecule has 3 rings (SSSR count). The van der Waals surface area contributed by atoms with Gasteiger partial charge in [-0.25, -0.2) is 4.68 Å². The van der Waals surface area contributed by atoms with Crippen LogP contribution in [0.5, 0.6) is 5.75 Å². The highest BCUT2D eigenvalue weighted by atomic mass is 16.3. The van der Waals surface area contributed by atoms with E-state index in [4.69, 9.17) is 0 Å². The number of hydrogen-bond donors (Lipinski definition) is 1. The monoisotopic (exact) mass is 291 g/mol. The highest BCUT2D eigenvalue weighted by Crippen LogP contribution is 2.18. The third kappa shape index (κ3) is 2.78. The lowest BCUT2D eigenvalue weighted by Crippen LogP contribution is -1.99. The molecule has 0 aliphatic rings. The van der Waals surface area contributed by atoms with Crippen molar-refractivity contribution in [3.63, 3.8) is 0 Å². The first-order valence-electron chi connectivity index (χ1n) is 6.71. The first-order valence-corrected chi connectivity index (χ1v) is 6.71. The zero-order valence-electron chi connectivity index (χ0n) is 11.6. The maximum Gasteiger partial charge on any atom is 0.172 e. The van der Waals surface area contributed by atoms with Crippen LogP contribution in [0.25, 0.3) is 17.8 Å². The van der Waals surface area contributed by atoms with Gasteiger partial charge in [-0.15, -0.1) is 5.10 Å². The second-order valence-electron chi connectivity index (χ2n) is 4.65. The maximum absolute atomic E-state index is 11.1. The number of aldehydes is 1. The van der Waals surface area contributed by atoms with Crippen LogP contribution in [-0.2, 0) is 0 Å². The average Bonchev–Trinajstić information content (AvgIpc) is 2.97. The Labute approximate surface area is 127 Å². The molecule has 22 heavy (non-hydrogen) atoms. The molecule has 0 radical (unpaired) electrons. The third-order valence-corrected chi connectivity index (χ3v) is 3.17. The normalized spacial score (nSPS) is 10.9. The summed E-state index contributed by atoms with van der Waals surface area (Å²) in [7, 11) is 0. The molecule has 0 atom stereocenters. The van der Waals surface area contributed by atoms with Gasteiger partial charge < -0.3 is 5.11 Å². The Hall–Kier alpha value is -3.21. The van der Waals surface area contributed by atoms with Crippen LogP contribution in [-0.4, -0.2) is 26.4 Å². The summed E-state index contributed by atoms with van der Waals surface area (Å²) in [6.07, 6.45) is 4.36. The Kier molecular flexibility index (Phi) is 3.78. The van der Waals surface area contributed by atoms with E-state index in [0.29, 0.717) is 17.7 Å². The van der Waals surface area contributed by atoms with Crippen LogP contribution in [0.4, 0.5) is 0 Å². The van der Waals surface area contributed by atoms with Crippen LogP contribution in [0.15, 0.2) is 54.6 Å². The summed E-state index contributed by atoms with van der Waals surface area (Å²) in [5.74, 6) is 0.167. The minimum atomic E-state index is 0.167. The van der Waals surface area contributed by atoms with E-state index in [0.717, 1.165) is 5.56 Å². The largest absolute Gasteiger partial charge is 0.508 e. The second kappa shape index (κ2) is 6.05. The Bertz CT molecular complexity index is 806. The zero-order chi connectivity index (χ0) is 15.4. The van der Waals surface area contributed by atoms with Crippen LogP contribution in [0.2, 0.25) is 0 Å². The molecule has 0 fully saturated rings. The highest BCUT2D eigenvalue weighted by molar-refractivity contribution is 5.81. The summed E-state index contributed by atoms with van der Waals surface area (Å²) in [4.78, 5) is 11.1. The molecule has 1 aromatic heterocycles. The van der Waals surface area contributed by atoms with E-state index in [2.05, 4.69) is 10.3 Å². The van der Waals surface area contributed by atoms with Crippen LogP contribution in [0.1, 0.15) is 21.7 Å². The fraction of sp³-hybridized carbons (Fsp3) is 0. The molecular formula is C17H13N3O2. The first-order chi connectivity index (χ1) is 10.8. The molecule has 0 unspecified atom stereocenters. The summed E-state index contributed by atoms with van der Waals surface area (Å²) < 4.78 is 1.56. The lowest BCUT2D eigenvalue weighted by Gasteiger charge is -2.03. The summed E-state index contributed by atoms with van der Waals surface area (Å²) in [5, 5.41) is 17.2. The maximum atomic E-state index is 11.1. The van der Waals surface area contributed by atoms with Gasteiger partial charge in [-0.3, -0.25) is 4.79 Å². The average molecular weight is 291 g/mol. The van der Waals surface area contributed by atoms with Gasteiger partial charge in [0.2, 0.25) is 0 Å². The van der Waals surface area contributed by atoms with Crippen LogP contribution in [0.3, 0.4) is 0 Å². The van der Waals surface area contributed by atoms with Crippen molar-refractivity contribution in [3.8, 4) is 11.4 Å².